The average molecular weight is 442 g/mol. The van der Waals surface area contributed by atoms with E-state index in [9.17, 15) is 9.59 Å². The van der Waals surface area contributed by atoms with Gasteiger partial charge in [-0.25, -0.2) is 0 Å². The molecule has 2 aromatic rings. The molecule has 1 heterocycles. The van der Waals surface area contributed by atoms with Crippen molar-refractivity contribution < 1.29 is 14.3 Å². The van der Waals surface area contributed by atoms with Gasteiger partial charge in [0.05, 0.1) is 15.1 Å². The third kappa shape index (κ3) is 4.90. The number of Topliss-reactive ketones (excluding diaryl/α,β-unsaturated/α-hetero) is 1. The molecule has 2 aromatic carbocycles. The van der Waals surface area contributed by atoms with Crippen LogP contribution in [0.3, 0.4) is 0 Å². The number of carbonyl (C=O) groups is 2. The third-order valence-corrected chi connectivity index (χ3v) is 5.61. The van der Waals surface area contributed by atoms with Gasteiger partial charge in [0.2, 0.25) is 0 Å². The number of anilines is 1. The summed E-state index contributed by atoms with van der Waals surface area (Å²) in [6, 6.07) is 10.5. The van der Waals surface area contributed by atoms with E-state index in [0.717, 1.165) is 5.69 Å². The minimum Gasteiger partial charge on any atom is -0.482 e. The molecule has 0 N–H and O–H groups in total. The molecule has 0 unspecified atom stereocenters. The topological polar surface area (TPSA) is 49.9 Å². The molecule has 8 heteroatoms. The van der Waals surface area contributed by atoms with E-state index in [1.54, 1.807) is 11.8 Å². The van der Waals surface area contributed by atoms with Crippen molar-refractivity contribution in [2.24, 2.45) is 0 Å². The Morgan fingerprint density at radius 3 is 2.14 bits per heavy atom. The highest BCUT2D eigenvalue weighted by molar-refractivity contribution is 6.43. The van der Waals surface area contributed by atoms with Gasteiger partial charge in [-0.1, -0.05) is 34.8 Å². The zero-order valence-corrected chi connectivity index (χ0v) is 17.5. The Kier molecular flexibility index (Phi) is 6.70. The lowest BCUT2D eigenvalue weighted by Gasteiger charge is -2.36. The van der Waals surface area contributed by atoms with Gasteiger partial charge >= 0.3 is 0 Å². The van der Waals surface area contributed by atoms with Crippen LogP contribution < -0.4 is 9.64 Å². The molecule has 3 rings (SSSR count). The molecule has 0 atom stereocenters. The number of halogens is 3. The molecule has 0 aliphatic carbocycles. The zero-order chi connectivity index (χ0) is 20.3. The van der Waals surface area contributed by atoms with Crippen LogP contribution in [0.2, 0.25) is 15.1 Å². The minimum atomic E-state index is -0.120. The Morgan fingerprint density at radius 2 is 1.54 bits per heavy atom. The van der Waals surface area contributed by atoms with Crippen molar-refractivity contribution in [3.63, 3.8) is 0 Å². The summed E-state index contributed by atoms with van der Waals surface area (Å²) in [4.78, 5) is 27.8. The van der Waals surface area contributed by atoms with Crippen molar-refractivity contribution in [1.82, 2.24) is 4.90 Å². The van der Waals surface area contributed by atoms with E-state index in [0.29, 0.717) is 52.6 Å². The number of rotatable bonds is 5. The molecule has 0 aromatic heterocycles. The highest BCUT2D eigenvalue weighted by atomic mass is 35.5. The number of nitrogens with zero attached hydrogens (tertiary/aromatic N) is 2. The predicted molar refractivity (Wildman–Crippen MR) is 112 cm³/mol. The summed E-state index contributed by atoms with van der Waals surface area (Å²) in [5, 5.41) is 0.955. The maximum absolute atomic E-state index is 12.4. The fourth-order valence-electron chi connectivity index (χ4n) is 2.97. The van der Waals surface area contributed by atoms with Crippen LogP contribution >= 0.6 is 34.8 Å². The van der Waals surface area contributed by atoms with Gasteiger partial charge < -0.3 is 14.5 Å². The average Bonchev–Trinajstić information content (AvgIpc) is 2.69. The smallest absolute Gasteiger partial charge is 0.260 e. The van der Waals surface area contributed by atoms with E-state index >= 15 is 0 Å². The molecule has 1 aliphatic rings. The number of carbonyl (C=O) groups excluding carboxylic acids is 2. The lowest BCUT2D eigenvalue weighted by molar-refractivity contribution is -0.133. The highest BCUT2D eigenvalue weighted by Gasteiger charge is 2.22. The SMILES string of the molecule is CC(=O)c1ccc(N2CCN(C(=O)COc3cc(Cl)c(Cl)cc3Cl)CC2)cc1. The fraction of sp³-hybridized carbons (Fsp3) is 0.300. The molecule has 0 spiro atoms. The number of ether oxygens (including phenoxy) is 1. The highest BCUT2D eigenvalue weighted by Crippen LogP contribution is 2.33. The molecular weight excluding hydrogens is 423 g/mol. The molecule has 28 heavy (non-hydrogen) atoms. The van der Waals surface area contributed by atoms with Gasteiger partial charge in [-0.05, 0) is 37.3 Å². The first-order valence-corrected chi connectivity index (χ1v) is 9.89. The largest absolute Gasteiger partial charge is 0.482 e. The quantitative estimate of drug-likeness (QED) is 0.503. The molecule has 148 valence electrons. The van der Waals surface area contributed by atoms with Crippen LogP contribution in [0.15, 0.2) is 36.4 Å². The van der Waals surface area contributed by atoms with Crippen LogP contribution in [0, 0.1) is 0 Å². The first-order valence-electron chi connectivity index (χ1n) is 8.76. The lowest BCUT2D eigenvalue weighted by Crippen LogP contribution is -2.50. The Bertz CT molecular complexity index is 879. The van der Waals surface area contributed by atoms with E-state index < -0.39 is 0 Å². The number of hydrogen-bond acceptors (Lipinski definition) is 4. The maximum atomic E-state index is 12.4. The van der Waals surface area contributed by atoms with E-state index in [-0.39, 0.29) is 18.3 Å². The monoisotopic (exact) mass is 440 g/mol. The molecule has 1 saturated heterocycles. The first kappa shape index (κ1) is 20.8. The standard InChI is InChI=1S/C20H19Cl3N2O3/c1-13(26)14-2-4-15(5-3-14)24-6-8-25(9-7-24)20(27)12-28-19-11-17(22)16(21)10-18(19)23/h2-5,10-11H,6-9,12H2,1H3. The van der Waals surface area contributed by atoms with Gasteiger partial charge in [-0.15, -0.1) is 0 Å². The van der Waals surface area contributed by atoms with Crippen molar-refractivity contribution in [3.05, 3.63) is 57.0 Å². The summed E-state index contributed by atoms with van der Waals surface area (Å²) in [6.07, 6.45) is 0. The summed E-state index contributed by atoms with van der Waals surface area (Å²) in [5.41, 5.74) is 1.73. The van der Waals surface area contributed by atoms with Crippen LogP contribution in [0.1, 0.15) is 17.3 Å². The van der Waals surface area contributed by atoms with E-state index in [1.807, 2.05) is 24.3 Å². The first-order chi connectivity index (χ1) is 13.3. The molecule has 0 radical (unpaired) electrons. The minimum absolute atomic E-state index is 0.0454. The van der Waals surface area contributed by atoms with Gasteiger partial charge in [-0.3, -0.25) is 9.59 Å². The van der Waals surface area contributed by atoms with Crippen LogP contribution in [0.5, 0.6) is 5.75 Å². The molecule has 1 amide bonds. The fourth-order valence-corrected chi connectivity index (χ4v) is 3.56. The summed E-state index contributed by atoms with van der Waals surface area (Å²) in [7, 11) is 0. The van der Waals surface area contributed by atoms with Crippen molar-refractivity contribution >= 4 is 52.2 Å². The Hall–Kier alpha value is -1.95. The molecule has 0 saturated carbocycles. The summed E-state index contributed by atoms with van der Waals surface area (Å²) in [5.74, 6) is 0.256. The van der Waals surface area contributed by atoms with E-state index in [1.165, 1.54) is 12.1 Å². The van der Waals surface area contributed by atoms with Crippen molar-refractivity contribution in [1.29, 1.82) is 0 Å². The van der Waals surface area contributed by atoms with Crippen LogP contribution in [0.4, 0.5) is 5.69 Å². The second-order valence-electron chi connectivity index (χ2n) is 6.46. The third-order valence-electron chi connectivity index (χ3n) is 4.60. The molecule has 5 nitrogen and oxygen atoms in total. The molecule has 1 aliphatic heterocycles. The van der Waals surface area contributed by atoms with Crippen molar-refractivity contribution in [2.45, 2.75) is 6.92 Å². The van der Waals surface area contributed by atoms with Crippen molar-refractivity contribution in [2.75, 3.05) is 37.7 Å². The number of hydrogen-bond donors (Lipinski definition) is 0. The van der Waals surface area contributed by atoms with Gasteiger partial charge in [0, 0.05) is 43.5 Å². The van der Waals surface area contributed by atoms with Gasteiger partial charge in [0.1, 0.15) is 5.75 Å². The van der Waals surface area contributed by atoms with Crippen molar-refractivity contribution in [3.8, 4) is 5.75 Å². The maximum Gasteiger partial charge on any atom is 0.260 e. The second-order valence-corrected chi connectivity index (χ2v) is 7.68. The number of ketones is 1. The predicted octanol–water partition coefficient (Wildman–Crippen LogP) is 4.58. The Labute approximate surface area is 178 Å². The summed E-state index contributed by atoms with van der Waals surface area (Å²) in [6.45, 7) is 4.02. The normalized spacial score (nSPS) is 14.1. The van der Waals surface area contributed by atoms with Gasteiger partial charge in [0.15, 0.2) is 12.4 Å². The Balaban J connectivity index is 1.52. The Morgan fingerprint density at radius 1 is 0.929 bits per heavy atom. The molecule has 0 bridgehead atoms. The summed E-state index contributed by atoms with van der Waals surface area (Å²) < 4.78 is 5.52. The molecular formula is C20H19Cl3N2O3. The van der Waals surface area contributed by atoms with Crippen LogP contribution in [-0.2, 0) is 4.79 Å². The molecule has 1 fully saturated rings. The second kappa shape index (κ2) is 9.03. The van der Waals surface area contributed by atoms with Gasteiger partial charge in [-0.2, -0.15) is 0 Å². The zero-order valence-electron chi connectivity index (χ0n) is 15.3. The van der Waals surface area contributed by atoms with Crippen LogP contribution in [0.25, 0.3) is 0 Å². The lowest BCUT2D eigenvalue weighted by atomic mass is 10.1. The number of amides is 1. The van der Waals surface area contributed by atoms with Gasteiger partial charge in [0.25, 0.3) is 5.91 Å². The number of benzene rings is 2. The van der Waals surface area contributed by atoms with Crippen LogP contribution in [-0.4, -0.2) is 49.4 Å². The summed E-state index contributed by atoms with van der Waals surface area (Å²) >= 11 is 17.9. The number of piperazine rings is 1. The van der Waals surface area contributed by atoms with E-state index in [2.05, 4.69) is 4.90 Å². The van der Waals surface area contributed by atoms with E-state index in [4.69, 9.17) is 39.5 Å².